The van der Waals surface area contributed by atoms with E-state index in [0.717, 1.165) is 11.3 Å². The van der Waals surface area contributed by atoms with Gasteiger partial charge in [0.15, 0.2) is 5.78 Å². The van der Waals surface area contributed by atoms with Crippen LogP contribution in [-0.2, 0) is 26.0 Å². The van der Waals surface area contributed by atoms with E-state index in [4.69, 9.17) is 16.9 Å². The number of amidine groups is 1. The number of sulfonamides is 1. The van der Waals surface area contributed by atoms with Crippen LogP contribution >= 0.6 is 11.3 Å². The first-order valence-corrected chi connectivity index (χ1v) is 12.2. The summed E-state index contributed by atoms with van der Waals surface area (Å²) >= 11 is 1.11. The molecule has 0 aliphatic carbocycles. The molecule has 0 radical (unpaired) electrons. The summed E-state index contributed by atoms with van der Waals surface area (Å²) in [5.74, 6) is -2.37. The van der Waals surface area contributed by atoms with Gasteiger partial charge in [0.1, 0.15) is 21.9 Å². The number of hydrogen-bond donors (Lipinski definition) is 5. The second kappa shape index (κ2) is 10.2. The van der Waals surface area contributed by atoms with Gasteiger partial charge in [0.05, 0.1) is 17.4 Å². The van der Waals surface area contributed by atoms with E-state index in [9.17, 15) is 23.1 Å². The van der Waals surface area contributed by atoms with Gasteiger partial charge in [0.25, 0.3) is 0 Å². The SMILES string of the molecule is Cc1ccccc1S(=O)(=O)NC(C(=O)O)[C@H](N)C(=O)Cc1nnc(-c2ccc(C(=N)N)cc2)s1. The maximum absolute atomic E-state index is 12.7. The molecule has 1 heterocycles. The van der Waals surface area contributed by atoms with Crippen molar-refractivity contribution in [3.8, 4) is 10.6 Å². The first-order chi connectivity index (χ1) is 16.0. The van der Waals surface area contributed by atoms with E-state index in [1.54, 1.807) is 43.3 Å². The summed E-state index contributed by atoms with van der Waals surface area (Å²) in [6.07, 6.45) is -0.319. The summed E-state index contributed by atoms with van der Waals surface area (Å²) in [5.41, 5.74) is 13.0. The predicted molar refractivity (Wildman–Crippen MR) is 126 cm³/mol. The Morgan fingerprint density at radius 1 is 1.15 bits per heavy atom. The molecule has 0 bridgehead atoms. The number of carbonyl (C=O) groups is 2. The third-order valence-electron chi connectivity index (χ3n) is 4.90. The lowest BCUT2D eigenvalue weighted by Crippen LogP contribution is -2.56. The summed E-state index contributed by atoms with van der Waals surface area (Å²) in [7, 11) is -4.24. The van der Waals surface area contributed by atoms with Crippen molar-refractivity contribution in [2.45, 2.75) is 30.3 Å². The molecule has 2 aromatic carbocycles. The second-order valence-corrected chi connectivity index (χ2v) is 10.1. The Hall–Kier alpha value is -3.52. The normalized spacial score (nSPS) is 13.2. The highest BCUT2D eigenvalue weighted by molar-refractivity contribution is 7.89. The molecule has 2 atom stereocenters. The molecule has 34 heavy (non-hydrogen) atoms. The fourth-order valence-electron chi connectivity index (χ4n) is 3.05. The lowest BCUT2D eigenvalue weighted by molar-refractivity contribution is -0.141. The van der Waals surface area contributed by atoms with Crippen molar-refractivity contribution < 1.29 is 23.1 Å². The fraction of sp³-hybridized carbons (Fsp3) is 0.190. The van der Waals surface area contributed by atoms with Crippen molar-refractivity contribution in [3.05, 3.63) is 64.7 Å². The molecule has 3 rings (SSSR count). The minimum atomic E-state index is -4.24. The highest BCUT2D eigenvalue weighted by atomic mass is 32.2. The van der Waals surface area contributed by atoms with Gasteiger partial charge in [-0.1, -0.05) is 53.8 Å². The van der Waals surface area contributed by atoms with E-state index in [-0.39, 0.29) is 22.2 Å². The Kier molecular flexibility index (Phi) is 7.51. The highest BCUT2D eigenvalue weighted by Gasteiger charge is 2.35. The Balaban J connectivity index is 1.74. The average Bonchev–Trinajstić information content (AvgIpc) is 3.25. The van der Waals surface area contributed by atoms with Crippen LogP contribution in [0, 0.1) is 12.3 Å². The number of ketones is 1. The van der Waals surface area contributed by atoms with E-state index >= 15 is 0 Å². The minimum Gasteiger partial charge on any atom is -0.480 e. The molecule has 1 aromatic heterocycles. The van der Waals surface area contributed by atoms with Crippen molar-refractivity contribution in [1.29, 1.82) is 5.41 Å². The van der Waals surface area contributed by atoms with Crippen LogP contribution in [0.2, 0.25) is 0 Å². The molecular formula is C21H22N6O5S2. The number of aliphatic carboxylic acids is 1. The maximum Gasteiger partial charge on any atom is 0.323 e. The predicted octanol–water partition coefficient (Wildman–Crippen LogP) is 0.668. The molecule has 1 unspecified atom stereocenters. The molecule has 0 saturated heterocycles. The van der Waals surface area contributed by atoms with Gasteiger partial charge < -0.3 is 16.6 Å². The number of aryl methyl sites for hydroxylation is 1. The molecule has 11 nitrogen and oxygen atoms in total. The second-order valence-electron chi connectivity index (χ2n) is 7.36. The number of rotatable bonds is 10. The van der Waals surface area contributed by atoms with E-state index in [1.807, 2.05) is 4.72 Å². The van der Waals surface area contributed by atoms with Crippen LogP contribution < -0.4 is 16.2 Å². The van der Waals surface area contributed by atoms with Gasteiger partial charge in [-0.25, -0.2) is 8.42 Å². The summed E-state index contributed by atoms with van der Waals surface area (Å²) in [6.45, 7) is 1.57. The molecule has 0 aliphatic rings. The van der Waals surface area contributed by atoms with Crippen molar-refractivity contribution in [1.82, 2.24) is 14.9 Å². The maximum atomic E-state index is 12.7. The third-order valence-corrected chi connectivity index (χ3v) is 7.47. The molecule has 0 amide bonds. The Bertz CT molecular complexity index is 1340. The number of nitrogens with one attached hydrogen (secondary N) is 2. The number of nitrogens with two attached hydrogens (primary N) is 2. The molecular weight excluding hydrogens is 480 g/mol. The van der Waals surface area contributed by atoms with Gasteiger partial charge in [-0.3, -0.25) is 15.0 Å². The molecule has 178 valence electrons. The zero-order valence-electron chi connectivity index (χ0n) is 17.9. The Labute approximate surface area is 199 Å². The number of carboxylic acid groups (broad SMARTS) is 1. The number of nitrogens with zero attached hydrogens (tertiary/aromatic N) is 2. The van der Waals surface area contributed by atoms with Gasteiger partial charge in [0, 0.05) is 11.1 Å². The smallest absolute Gasteiger partial charge is 0.323 e. The van der Waals surface area contributed by atoms with Crippen LogP contribution in [0.4, 0.5) is 0 Å². The van der Waals surface area contributed by atoms with Crippen molar-refractivity contribution in [2.24, 2.45) is 11.5 Å². The van der Waals surface area contributed by atoms with Gasteiger partial charge in [-0.2, -0.15) is 4.72 Å². The number of hydrogen-bond acceptors (Lipinski definition) is 9. The standard InChI is InChI=1S/C21H22N6O5S2/c1-11-4-2-3-5-15(11)34(31,32)27-18(21(29)30)17(22)14(28)10-16-25-26-20(33-16)13-8-6-12(7-9-13)19(23)24/h2-9,17-18,27H,10,22H2,1H3,(H3,23,24)(H,29,30)/t17-,18?/m1/s1. The van der Waals surface area contributed by atoms with Crippen LogP contribution in [0.25, 0.3) is 10.6 Å². The number of carboxylic acids is 1. The zero-order chi connectivity index (χ0) is 25.0. The van der Waals surface area contributed by atoms with Gasteiger partial charge >= 0.3 is 5.97 Å². The van der Waals surface area contributed by atoms with Crippen molar-refractivity contribution >= 4 is 38.9 Å². The van der Waals surface area contributed by atoms with Gasteiger partial charge in [-0.15, -0.1) is 10.2 Å². The van der Waals surface area contributed by atoms with E-state index in [1.165, 1.54) is 12.1 Å². The molecule has 0 aliphatic heterocycles. The number of benzene rings is 2. The molecule has 13 heteroatoms. The summed E-state index contributed by atoms with van der Waals surface area (Å²) in [4.78, 5) is 24.3. The average molecular weight is 503 g/mol. The van der Waals surface area contributed by atoms with E-state index < -0.39 is 33.9 Å². The number of carbonyl (C=O) groups excluding carboxylic acids is 1. The zero-order valence-corrected chi connectivity index (χ0v) is 19.6. The van der Waals surface area contributed by atoms with Crippen molar-refractivity contribution in [3.63, 3.8) is 0 Å². The number of Topliss-reactive ketones (excluding diaryl/α,β-unsaturated/α-hetero) is 1. The minimum absolute atomic E-state index is 0.0740. The van der Waals surface area contributed by atoms with Crippen LogP contribution in [0.1, 0.15) is 16.1 Å². The Morgan fingerprint density at radius 3 is 2.38 bits per heavy atom. The Morgan fingerprint density at radius 2 is 1.79 bits per heavy atom. The topological polar surface area (TPSA) is 202 Å². The molecule has 0 fully saturated rings. The van der Waals surface area contributed by atoms with E-state index in [2.05, 4.69) is 10.2 Å². The van der Waals surface area contributed by atoms with Crippen LogP contribution in [0.3, 0.4) is 0 Å². The van der Waals surface area contributed by atoms with Crippen LogP contribution in [0.15, 0.2) is 53.4 Å². The number of aromatic nitrogens is 2. The summed E-state index contributed by atoms with van der Waals surface area (Å²) in [5, 5.41) is 25.7. The first-order valence-electron chi connectivity index (χ1n) is 9.86. The number of nitrogen functional groups attached to an aromatic ring is 1. The molecule has 0 saturated carbocycles. The first kappa shape index (κ1) is 25.1. The summed E-state index contributed by atoms with van der Waals surface area (Å²) < 4.78 is 27.4. The summed E-state index contributed by atoms with van der Waals surface area (Å²) in [6, 6.07) is 9.23. The van der Waals surface area contributed by atoms with E-state index in [0.29, 0.717) is 21.7 Å². The van der Waals surface area contributed by atoms with Gasteiger partial charge in [-0.05, 0) is 18.6 Å². The van der Waals surface area contributed by atoms with Crippen LogP contribution in [0.5, 0.6) is 0 Å². The van der Waals surface area contributed by atoms with Crippen molar-refractivity contribution in [2.75, 3.05) is 0 Å². The lowest BCUT2D eigenvalue weighted by atomic mass is 10.0. The molecule has 7 N–H and O–H groups in total. The monoisotopic (exact) mass is 502 g/mol. The van der Waals surface area contributed by atoms with Gasteiger partial charge in [0.2, 0.25) is 10.0 Å². The molecule has 0 spiro atoms. The fourth-order valence-corrected chi connectivity index (χ4v) is 5.37. The molecule has 3 aromatic rings. The largest absolute Gasteiger partial charge is 0.480 e. The van der Waals surface area contributed by atoms with Crippen LogP contribution in [-0.4, -0.2) is 53.4 Å². The lowest BCUT2D eigenvalue weighted by Gasteiger charge is -2.20. The quantitative estimate of drug-likeness (QED) is 0.195. The third kappa shape index (κ3) is 5.69. The highest BCUT2D eigenvalue weighted by Crippen LogP contribution is 2.24.